The molecule has 0 aliphatic carbocycles. The van der Waals surface area contributed by atoms with E-state index in [-0.39, 0.29) is 17.6 Å². The Kier molecular flexibility index (Phi) is 8.01. The monoisotopic (exact) mass is 249 g/mol. The van der Waals surface area contributed by atoms with Crippen LogP contribution in [0.25, 0.3) is 0 Å². The highest BCUT2D eigenvalue weighted by Crippen LogP contribution is 2.19. The summed E-state index contributed by atoms with van der Waals surface area (Å²) in [6.07, 6.45) is 0. The van der Waals surface area contributed by atoms with Crippen molar-refractivity contribution in [3.63, 3.8) is 0 Å². The van der Waals surface area contributed by atoms with Gasteiger partial charge in [-0.15, -0.1) is 11.8 Å². The Labute approximate surface area is 99.9 Å². The maximum atomic E-state index is 11.3. The molecule has 94 valence electrons. The highest BCUT2D eigenvalue weighted by Gasteiger charge is 2.22. The van der Waals surface area contributed by atoms with E-state index >= 15 is 0 Å². The molecule has 0 heterocycles. The van der Waals surface area contributed by atoms with E-state index in [0.29, 0.717) is 13.2 Å². The van der Waals surface area contributed by atoms with E-state index < -0.39 is 11.2 Å². The van der Waals surface area contributed by atoms with Crippen molar-refractivity contribution in [2.75, 3.05) is 26.0 Å². The number of nitrogens with one attached hydrogen (secondary N) is 1. The number of carboxylic acid groups (broad SMARTS) is 1. The maximum absolute atomic E-state index is 11.3. The van der Waals surface area contributed by atoms with Crippen LogP contribution >= 0.6 is 11.8 Å². The van der Waals surface area contributed by atoms with Gasteiger partial charge in [0.1, 0.15) is 5.25 Å². The minimum Gasteiger partial charge on any atom is -0.480 e. The molecule has 0 saturated heterocycles. The van der Waals surface area contributed by atoms with Crippen molar-refractivity contribution in [1.29, 1.82) is 0 Å². The van der Waals surface area contributed by atoms with Gasteiger partial charge in [-0.3, -0.25) is 9.59 Å². The quantitative estimate of drug-likeness (QED) is 0.616. The second kappa shape index (κ2) is 8.41. The van der Waals surface area contributed by atoms with Gasteiger partial charge >= 0.3 is 5.97 Å². The van der Waals surface area contributed by atoms with Crippen molar-refractivity contribution in [3.8, 4) is 0 Å². The molecule has 2 N–H and O–H groups in total. The smallest absolute Gasteiger partial charge is 0.316 e. The summed E-state index contributed by atoms with van der Waals surface area (Å²) in [4.78, 5) is 22.1. The molecule has 0 aliphatic heterocycles. The highest BCUT2D eigenvalue weighted by molar-refractivity contribution is 8.01. The van der Waals surface area contributed by atoms with Crippen LogP contribution in [0, 0.1) is 5.92 Å². The molecule has 0 aromatic heterocycles. The summed E-state index contributed by atoms with van der Waals surface area (Å²) in [5.41, 5.74) is 0. The number of thioether (sulfide) groups is 1. The Balaban J connectivity index is 3.83. The summed E-state index contributed by atoms with van der Waals surface area (Å²) < 4.78 is 4.78. The molecule has 0 bridgehead atoms. The van der Waals surface area contributed by atoms with Crippen molar-refractivity contribution in [1.82, 2.24) is 5.32 Å². The number of carbonyl (C=O) groups excluding carboxylic acids is 1. The molecule has 0 aliphatic rings. The number of carboxylic acids is 1. The molecule has 1 unspecified atom stereocenters. The van der Waals surface area contributed by atoms with Crippen LogP contribution in [-0.4, -0.2) is 48.2 Å². The van der Waals surface area contributed by atoms with Crippen LogP contribution in [0.1, 0.15) is 13.8 Å². The van der Waals surface area contributed by atoms with Crippen LogP contribution in [-0.2, 0) is 14.3 Å². The number of hydrogen-bond donors (Lipinski definition) is 2. The summed E-state index contributed by atoms with van der Waals surface area (Å²) in [5, 5.41) is 11.0. The first-order valence-corrected chi connectivity index (χ1v) is 6.14. The van der Waals surface area contributed by atoms with Gasteiger partial charge < -0.3 is 15.2 Å². The van der Waals surface area contributed by atoms with Crippen LogP contribution < -0.4 is 5.32 Å². The molecule has 0 fully saturated rings. The lowest BCUT2D eigenvalue weighted by atomic mass is 10.1. The first-order valence-electron chi connectivity index (χ1n) is 5.09. The molecule has 0 aromatic rings. The minimum absolute atomic E-state index is 0.00859. The van der Waals surface area contributed by atoms with Crippen LogP contribution in [0.15, 0.2) is 0 Å². The maximum Gasteiger partial charge on any atom is 0.316 e. The average Bonchev–Trinajstić information content (AvgIpc) is 2.17. The Hall–Kier alpha value is -0.750. The fraction of sp³-hybridized carbons (Fsp3) is 0.800. The normalized spacial score (nSPS) is 12.5. The van der Waals surface area contributed by atoms with Crippen LogP contribution in [0.4, 0.5) is 0 Å². The number of hydrogen-bond acceptors (Lipinski definition) is 4. The van der Waals surface area contributed by atoms with Crippen LogP contribution in [0.2, 0.25) is 0 Å². The van der Waals surface area contributed by atoms with Crippen molar-refractivity contribution in [3.05, 3.63) is 0 Å². The molecule has 16 heavy (non-hydrogen) atoms. The number of methoxy groups -OCH3 is 1. The Bertz CT molecular complexity index is 233. The second-order valence-electron chi connectivity index (χ2n) is 3.66. The number of amides is 1. The third-order valence-corrected chi connectivity index (χ3v) is 3.41. The fourth-order valence-electron chi connectivity index (χ4n) is 1.06. The Morgan fingerprint density at radius 3 is 2.50 bits per heavy atom. The second-order valence-corrected chi connectivity index (χ2v) is 4.79. The summed E-state index contributed by atoms with van der Waals surface area (Å²) in [5.74, 6) is -0.855. The summed E-state index contributed by atoms with van der Waals surface area (Å²) >= 11 is 1.15. The van der Waals surface area contributed by atoms with Gasteiger partial charge in [0.25, 0.3) is 0 Å². The van der Waals surface area contributed by atoms with Crippen molar-refractivity contribution < 1.29 is 19.4 Å². The summed E-state index contributed by atoms with van der Waals surface area (Å²) in [6, 6.07) is 0. The molecule has 0 rings (SSSR count). The largest absolute Gasteiger partial charge is 0.480 e. The molecule has 0 spiro atoms. The number of rotatable bonds is 8. The van der Waals surface area contributed by atoms with Crippen molar-refractivity contribution in [2.24, 2.45) is 5.92 Å². The predicted molar refractivity (Wildman–Crippen MR) is 63.6 cm³/mol. The van der Waals surface area contributed by atoms with E-state index in [2.05, 4.69) is 5.32 Å². The average molecular weight is 249 g/mol. The summed E-state index contributed by atoms with van der Waals surface area (Å²) in [7, 11) is 1.56. The SMILES string of the molecule is COCCNC(=O)CSC(C(=O)O)C(C)C. The fourth-order valence-corrected chi connectivity index (χ4v) is 2.02. The zero-order chi connectivity index (χ0) is 12.6. The van der Waals surface area contributed by atoms with Crippen LogP contribution in [0.3, 0.4) is 0 Å². The van der Waals surface area contributed by atoms with E-state index in [1.54, 1.807) is 7.11 Å². The van der Waals surface area contributed by atoms with Gasteiger partial charge in [0.2, 0.25) is 5.91 Å². The van der Waals surface area contributed by atoms with Crippen molar-refractivity contribution in [2.45, 2.75) is 19.1 Å². The van der Waals surface area contributed by atoms with Gasteiger partial charge in [-0.05, 0) is 5.92 Å². The standard InChI is InChI=1S/C10H19NO4S/c1-7(2)9(10(13)14)16-6-8(12)11-4-5-15-3/h7,9H,4-6H2,1-3H3,(H,11,12)(H,13,14). The molecule has 0 saturated carbocycles. The first-order chi connectivity index (χ1) is 7.49. The lowest BCUT2D eigenvalue weighted by molar-refractivity contribution is -0.137. The van der Waals surface area contributed by atoms with E-state index in [1.807, 2.05) is 13.8 Å². The third-order valence-electron chi connectivity index (χ3n) is 1.87. The molecule has 1 atom stereocenters. The highest BCUT2D eigenvalue weighted by atomic mass is 32.2. The molecule has 0 aromatic carbocycles. The van der Waals surface area contributed by atoms with E-state index in [1.165, 1.54) is 0 Å². The van der Waals surface area contributed by atoms with E-state index in [0.717, 1.165) is 11.8 Å². The third kappa shape index (κ3) is 6.68. The molecule has 1 amide bonds. The van der Waals surface area contributed by atoms with E-state index in [4.69, 9.17) is 9.84 Å². The zero-order valence-electron chi connectivity index (χ0n) is 9.86. The minimum atomic E-state index is -0.871. The molecule has 5 nitrogen and oxygen atoms in total. The molecular formula is C10H19NO4S. The molecule has 6 heteroatoms. The van der Waals surface area contributed by atoms with Crippen molar-refractivity contribution >= 4 is 23.6 Å². The first kappa shape index (κ1) is 15.2. The number of aliphatic carboxylic acids is 1. The predicted octanol–water partition coefficient (Wildman–Crippen LogP) is 0.591. The number of ether oxygens (including phenoxy) is 1. The molecular weight excluding hydrogens is 230 g/mol. The van der Waals surface area contributed by atoms with E-state index in [9.17, 15) is 9.59 Å². The van der Waals surface area contributed by atoms with Crippen LogP contribution in [0.5, 0.6) is 0 Å². The summed E-state index contributed by atoms with van der Waals surface area (Å²) in [6.45, 7) is 4.57. The topological polar surface area (TPSA) is 75.6 Å². The number of carbonyl (C=O) groups is 2. The lowest BCUT2D eigenvalue weighted by Gasteiger charge is -2.15. The van der Waals surface area contributed by atoms with Gasteiger partial charge in [-0.2, -0.15) is 0 Å². The zero-order valence-corrected chi connectivity index (χ0v) is 10.7. The van der Waals surface area contributed by atoms with Gasteiger partial charge in [-0.1, -0.05) is 13.8 Å². The van der Waals surface area contributed by atoms with Gasteiger partial charge in [0, 0.05) is 13.7 Å². The van der Waals surface area contributed by atoms with Gasteiger partial charge in [0.15, 0.2) is 0 Å². The van der Waals surface area contributed by atoms with Gasteiger partial charge in [-0.25, -0.2) is 0 Å². The lowest BCUT2D eigenvalue weighted by Crippen LogP contribution is -2.31. The Morgan fingerprint density at radius 2 is 2.06 bits per heavy atom. The van der Waals surface area contributed by atoms with Gasteiger partial charge in [0.05, 0.1) is 12.4 Å². The molecule has 0 radical (unpaired) electrons. The Morgan fingerprint density at radius 1 is 1.44 bits per heavy atom.